The maximum absolute atomic E-state index is 11.9. The van der Waals surface area contributed by atoms with Crippen LogP contribution in [-0.4, -0.2) is 25.7 Å². The summed E-state index contributed by atoms with van der Waals surface area (Å²) in [6, 6.07) is 6.93. The van der Waals surface area contributed by atoms with Gasteiger partial charge in [-0.15, -0.1) is 0 Å². The number of carbonyl (C=O) groups excluding carboxylic acids is 1. The standard InChI is InChI=1S/C15H15N5O2/c21-14(3-1-7-20-8-2-6-18-20)19-11-4-5-13-12(9-11)15(22)17-10-16-13/h2,4-6,8-10H,1,3,7H2,(H,19,21)(H,16,17,22). The molecule has 112 valence electrons. The van der Waals surface area contributed by atoms with Crippen molar-refractivity contribution in [3.05, 3.63) is 53.3 Å². The smallest absolute Gasteiger partial charge is 0.258 e. The number of aromatic nitrogens is 4. The molecule has 0 aliphatic rings. The van der Waals surface area contributed by atoms with Gasteiger partial charge in [0, 0.05) is 31.0 Å². The molecule has 3 aromatic rings. The topological polar surface area (TPSA) is 92.7 Å². The first-order chi connectivity index (χ1) is 10.7. The largest absolute Gasteiger partial charge is 0.326 e. The number of aryl methyl sites for hydroxylation is 1. The second-order valence-electron chi connectivity index (χ2n) is 4.88. The van der Waals surface area contributed by atoms with Crippen LogP contribution in [0.4, 0.5) is 5.69 Å². The molecule has 0 radical (unpaired) electrons. The number of nitrogens with zero attached hydrogens (tertiary/aromatic N) is 3. The van der Waals surface area contributed by atoms with E-state index >= 15 is 0 Å². The van der Waals surface area contributed by atoms with Crippen molar-refractivity contribution in [2.24, 2.45) is 0 Å². The molecule has 0 aliphatic heterocycles. The van der Waals surface area contributed by atoms with E-state index in [9.17, 15) is 9.59 Å². The van der Waals surface area contributed by atoms with Crippen molar-refractivity contribution >= 4 is 22.5 Å². The molecule has 0 bridgehead atoms. The number of nitrogens with one attached hydrogen (secondary N) is 2. The molecule has 7 nitrogen and oxygen atoms in total. The highest BCUT2D eigenvalue weighted by Gasteiger charge is 2.05. The first-order valence-corrected chi connectivity index (χ1v) is 6.97. The predicted molar refractivity (Wildman–Crippen MR) is 82.5 cm³/mol. The van der Waals surface area contributed by atoms with E-state index < -0.39 is 0 Å². The van der Waals surface area contributed by atoms with Gasteiger partial charge in [-0.25, -0.2) is 4.98 Å². The number of carbonyl (C=O) groups is 1. The minimum absolute atomic E-state index is 0.0909. The van der Waals surface area contributed by atoms with E-state index in [2.05, 4.69) is 20.4 Å². The molecule has 7 heteroatoms. The summed E-state index contributed by atoms with van der Waals surface area (Å²) >= 11 is 0. The molecule has 2 aromatic heterocycles. The van der Waals surface area contributed by atoms with Gasteiger partial charge in [-0.1, -0.05) is 0 Å². The molecule has 0 spiro atoms. The highest BCUT2D eigenvalue weighted by Crippen LogP contribution is 2.14. The van der Waals surface area contributed by atoms with Crippen LogP contribution in [0, 0.1) is 0 Å². The summed E-state index contributed by atoms with van der Waals surface area (Å²) < 4.78 is 1.79. The van der Waals surface area contributed by atoms with Crippen LogP contribution in [-0.2, 0) is 11.3 Å². The molecule has 0 atom stereocenters. The van der Waals surface area contributed by atoms with Crippen LogP contribution in [0.25, 0.3) is 10.9 Å². The fourth-order valence-electron chi connectivity index (χ4n) is 2.20. The van der Waals surface area contributed by atoms with E-state index in [0.717, 1.165) is 0 Å². The van der Waals surface area contributed by atoms with Gasteiger partial charge in [0.15, 0.2) is 0 Å². The first-order valence-electron chi connectivity index (χ1n) is 6.97. The van der Waals surface area contributed by atoms with Gasteiger partial charge in [-0.2, -0.15) is 5.10 Å². The highest BCUT2D eigenvalue weighted by molar-refractivity contribution is 5.93. The molecular weight excluding hydrogens is 282 g/mol. The minimum Gasteiger partial charge on any atom is -0.326 e. The first kappa shape index (κ1) is 14.0. The van der Waals surface area contributed by atoms with Gasteiger partial charge in [0.1, 0.15) is 0 Å². The Balaban J connectivity index is 1.61. The van der Waals surface area contributed by atoms with Crippen molar-refractivity contribution in [3.8, 4) is 0 Å². The summed E-state index contributed by atoms with van der Waals surface area (Å²) in [6.07, 6.45) is 6.02. The number of hydrogen-bond donors (Lipinski definition) is 2. The zero-order chi connectivity index (χ0) is 15.4. The molecule has 0 unspecified atom stereocenters. The molecule has 2 N–H and O–H groups in total. The summed E-state index contributed by atoms with van der Waals surface area (Å²) in [5.74, 6) is -0.0909. The van der Waals surface area contributed by atoms with E-state index in [-0.39, 0.29) is 11.5 Å². The zero-order valence-electron chi connectivity index (χ0n) is 11.8. The minimum atomic E-state index is -0.222. The molecule has 2 heterocycles. The van der Waals surface area contributed by atoms with Crippen molar-refractivity contribution in [2.45, 2.75) is 19.4 Å². The summed E-state index contributed by atoms with van der Waals surface area (Å²) in [5, 5.41) is 7.33. The lowest BCUT2D eigenvalue weighted by molar-refractivity contribution is -0.116. The molecule has 3 rings (SSSR count). The van der Waals surface area contributed by atoms with Gasteiger partial charge in [-0.3, -0.25) is 14.3 Å². The molecule has 0 saturated carbocycles. The van der Waals surface area contributed by atoms with E-state index in [1.165, 1.54) is 6.33 Å². The van der Waals surface area contributed by atoms with E-state index in [0.29, 0.717) is 36.0 Å². The molecule has 22 heavy (non-hydrogen) atoms. The lowest BCUT2D eigenvalue weighted by Gasteiger charge is -2.06. The summed E-state index contributed by atoms with van der Waals surface area (Å²) in [7, 11) is 0. The second kappa shape index (κ2) is 6.21. The molecule has 0 aliphatic carbocycles. The number of hydrogen-bond acceptors (Lipinski definition) is 4. The number of fused-ring (bicyclic) bond motifs is 1. The Labute approximate surface area is 126 Å². The maximum atomic E-state index is 11.9. The van der Waals surface area contributed by atoms with Crippen molar-refractivity contribution in [3.63, 3.8) is 0 Å². The molecule has 0 fully saturated rings. The van der Waals surface area contributed by atoms with Crippen LogP contribution in [0.3, 0.4) is 0 Å². The van der Waals surface area contributed by atoms with Gasteiger partial charge in [-0.05, 0) is 30.7 Å². The van der Waals surface area contributed by atoms with Crippen LogP contribution in [0.1, 0.15) is 12.8 Å². The zero-order valence-corrected chi connectivity index (χ0v) is 11.8. The fraction of sp³-hybridized carbons (Fsp3) is 0.200. The summed E-state index contributed by atoms with van der Waals surface area (Å²) in [5.41, 5.74) is 0.968. The van der Waals surface area contributed by atoms with Crippen LogP contribution in [0.5, 0.6) is 0 Å². The van der Waals surface area contributed by atoms with Crippen LogP contribution in [0.2, 0.25) is 0 Å². The number of anilines is 1. The van der Waals surface area contributed by atoms with E-state index in [1.807, 2.05) is 12.3 Å². The van der Waals surface area contributed by atoms with Gasteiger partial charge in [0.25, 0.3) is 5.56 Å². The quantitative estimate of drug-likeness (QED) is 0.747. The Hall–Kier alpha value is -2.96. The number of aromatic amines is 1. The number of rotatable bonds is 5. The summed E-state index contributed by atoms with van der Waals surface area (Å²) in [4.78, 5) is 30.2. The number of benzene rings is 1. The van der Waals surface area contributed by atoms with E-state index in [4.69, 9.17) is 0 Å². The van der Waals surface area contributed by atoms with Crippen molar-refractivity contribution in [1.82, 2.24) is 19.7 Å². The Kier molecular flexibility index (Phi) is 3.95. The maximum Gasteiger partial charge on any atom is 0.258 e. The van der Waals surface area contributed by atoms with Crippen LogP contribution >= 0.6 is 0 Å². The average Bonchev–Trinajstić information content (AvgIpc) is 3.01. The summed E-state index contributed by atoms with van der Waals surface area (Å²) in [6.45, 7) is 0.696. The highest BCUT2D eigenvalue weighted by atomic mass is 16.1. The Morgan fingerprint density at radius 3 is 3.09 bits per heavy atom. The number of amides is 1. The Morgan fingerprint density at radius 1 is 1.36 bits per heavy atom. The van der Waals surface area contributed by atoms with Gasteiger partial charge >= 0.3 is 0 Å². The van der Waals surface area contributed by atoms with Crippen molar-refractivity contribution < 1.29 is 4.79 Å². The van der Waals surface area contributed by atoms with Gasteiger partial charge in [0.05, 0.1) is 17.2 Å². The number of H-pyrrole nitrogens is 1. The lowest BCUT2D eigenvalue weighted by Crippen LogP contribution is -2.13. The van der Waals surface area contributed by atoms with E-state index in [1.54, 1.807) is 29.1 Å². The lowest BCUT2D eigenvalue weighted by atomic mass is 10.2. The second-order valence-corrected chi connectivity index (χ2v) is 4.88. The molecule has 1 amide bonds. The monoisotopic (exact) mass is 297 g/mol. The van der Waals surface area contributed by atoms with Crippen LogP contribution < -0.4 is 10.9 Å². The third kappa shape index (κ3) is 3.20. The van der Waals surface area contributed by atoms with Crippen molar-refractivity contribution in [1.29, 1.82) is 0 Å². The van der Waals surface area contributed by atoms with Crippen LogP contribution in [0.15, 0.2) is 47.8 Å². The normalized spacial score (nSPS) is 10.7. The SMILES string of the molecule is O=C(CCCn1cccn1)Nc1ccc2nc[nH]c(=O)c2c1. The third-order valence-electron chi connectivity index (χ3n) is 3.27. The van der Waals surface area contributed by atoms with Crippen molar-refractivity contribution in [2.75, 3.05) is 5.32 Å². The Bertz CT molecular complexity index is 839. The van der Waals surface area contributed by atoms with Gasteiger partial charge in [0.2, 0.25) is 5.91 Å². The molecular formula is C15H15N5O2. The molecule has 0 saturated heterocycles. The van der Waals surface area contributed by atoms with Gasteiger partial charge < -0.3 is 10.3 Å². The Morgan fingerprint density at radius 2 is 2.27 bits per heavy atom. The predicted octanol–water partition coefficient (Wildman–Crippen LogP) is 1.54. The fourth-order valence-corrected chi connectivity index (χ4v) is 2.20. The third-order valence-corrected chi connectivity index (χ3v) is 3.27. The molecule has 1 aromatic carbocycles. The average molecular weight is 297 g/mol.